The van der Waals surface area contributed by atoms with Crippen molar-refractivity contribution in [2.24, 2.45) is 5.16 Å². The molecule has 6 heteroatoms. The number of phenolic OH excluding ortho intramolecular Hbond substituents is 3. The SMILES string of the molecule is CCO/C(=N/O)c1cc(O)c(O)c(O)c1. The van der Waals surface area contributed by atoms with Crippen molar-refractivity contribution in [2.75, 3.05) is 6.61 Å². The molecule has 0 heterocycles. The number of ether oxygens (including phenoxy) is 1. The molecule has 0 aromatic heterocycles. The number of rotatable bonds is 2. The molecule has 15 heavy (non-hydrogen) atoms. The van der Waals surface area contributed by atoms with E-state index in [-0.39, 0.29) is 18.1 Å². The third-order valence-corrected chi connectivity index (χ3v) is 1.69. The topological polar surface area (TPSA) is 103 Å². The second-order valence-corrected chi connectivity index (χ2v) is 2.70. The van der Waals surface area contributed by atoms with E-state index >= 15 is 0 Å². The molecular formula is C9H11NO5. The fourth-order valence-electron chi connectivity index (χ4n) is 1.03. The van der Waals surface area contributed by atoms with Crippen LogP contribution in [0.1, 0.15) is 12.5 Å². The Morgan fingerprint density at radius 3 is 2.20 bits per heavy atom. The highest BCUT2D eigenvalue weighted by Crippen LogP contribution is 2.35. The van der Waals surface area contributed by atoms with Crippen LogP contribution < -0.4 is 0 Å². The molecule has 6 nitrogen and oxygen atoms in total. The van der Waals surface area contributed by atoms with Gasteiger partial charge in [-0.1, -0.05) is 0 Å². The molecule has 82 valence electrons. The Hall–Kier alpha value is -2.11. The maximum atomic E-state index is 9.19. The summed E-state index contributed by atoms with van der Waals surface area (Å²) < 4.78 is 4.92. The third kappa shape index (κ3) is 2.22. The summed E-state index contributed by atoms with van der Waals surface area (Å²) in [5.74, 6) is -1.83. The Morgan fingerprint density at radius 1 is 1.27 bits per heavy atom. The lowest BCUT2D eigenvalue weighted by Crippen LogP contribution is -2.06. The van der Waals surface area contributed by atoms with Gasteiger partial charge in [0.25, 0.3) is 5.90 Å². The Labute approximate surface area is 85.7 Å². The Bertz CT molecular complexity index is 365. The molecule has 0 fully saturated rings. The lowest BCUT2D eigenvalue weighted by Gasteiger charge is -2.07. The van der Waals surface area contributed by atoms with Crippen LogP contribution in [0.5, 0.6) is 17.2 Å². The second-order valence-electron chi connectivity index (χ2n) is 2.70. The van der Waals surface area contributed by atoms with Gasteiger partial charge in [-0.15, -0.1) is 0 Å². The van der Waals surface area contributed by atoms with Gasteiger partial charge in [0.05, 0.1) is 6.61 Å². The van der Waals surface area contributed by atoms with E-state index in [0.717, 1.165) is 12.1 Å². The first-order valence-electron chi connectivity index (χ1n) is 4.20. The van der Waals surface area contributed by atoms with Crippen molar-refractivity contribution in [3.8, 4) is 17.2 Å². The first-order chi connectivity index (χ1) is 7.10. The van der Waals surface area contributed by atoms with Crippen LogP contribution in [0.4, 0.5) is 0 Å². The Balaban J connectivity index is 3.15. The molecule has 0 unspecified atom stereocenters. The average molecular weight is 213 g/mol. The van der Waals surface area contributed by atoms with Crippen molar-refractivity contribution >= 4 is 5.90 Å². The summed E-state index contributed by atoms with van der Waals surface area (Å²) >= 11 is 0. The van der Waals surface area contributed by atoms with Crippen LogP contribution in [0, 0.1) is 0 Å². The number of oxime groups is 1. The smallest absolute Gasteiger partial charge is 0.257 e. The molecule has 0 aliphatic rings. The zero-order valence-corrected chi connectivity index (χ0v) is 8.01. The molecule has 0 atom stereocenters. The molecule has 0 saturated carbocycles. The van der Waals surface area contributed by atoms with E-state index in [1.54, 1.807) is 6.92 Å². The molecular weight excluding hydrogens is 202 g/mol. The van der Waals surface area contributed by atoms with E-state index in [4.69, 9.17) is 15.1 Å². The maximum Gasteiger partial charge on any atom is 0.257 e. The van der Waals surface area contributed by atoms with Gasteiger partial charge in [0.2, 0.25) is 0 Å². The van der Waals surface area contributed by atoms with Gasteiger partial charge in [0, 0.05) is 5.56 Å². The van der Waals surface area contributed by atoms with Crippen molar-refractivity contribution in [3.05, 3.63) is 17.7 Å². The molecule has 1 rings (SSSR count). The third-order valence-electron chi connectivity index (χ3n) is 1.69. The minimum atomic E-state index is -0.632. The molecule has 0 aliphatic carbocycles. The largest absolute Gasteiger partial charge is 0.504 e. The van der Waals surface area contributed by atoms with E-state index in [1.807, 2.05) is 0 Å². The summed E-state index contributed by atoms with van der Waals surface area (Å²) in [5.41, 5.74) is 0.159. The van der Waals surface area contributed by atoms with Crippen LogP contribution in [0.2, 0.25) is 0 Å². The van der Waals surface area contributed by atoms with Crippen molar-refractivity contribution in [1.29, 1.82) is 0 Å². The zero-order chi connectivity index (χ0) is 11.4. The van der Waals surface area contributed by atoms with E-state index in [9.17, 15) is 10.2 Å². The molecule has 1 aromatic carbocycles. The van der Waals surface area contributed by atoms with Gasteiger partial charge in [-0.05, 0) is 24.2 Å². The molecule has 0 radical (unpaired) electrons. The predicted molar refractivity (Wildman–Crippen MR) is 51.4 cm³/mol. The summed E-state index contributed by atoms with van der Waals surface area (Å²) in [4.78, 5) is 0. The molecule has 0 saturated heterocycles. The number of hydrogen-bond donors (Lipinski definition) is 4. The lowest BCUT2D eigenvalue weighted by molar-refractivity contribution is 0.265. The highest BCUT2D eigenvalue weighted by molar-refractivity contribution is 5.95. The molecule has 0 bridgehead atoms. The molecule has 4 N–H and O–H groups in total. The maximum absolute atomic E-state index is 9.19. The lowest BCUT2D eigenvalue weighted by atomic mass is 10.2. The van der Waals surface area contributed by atoms with Crippen molar-refractivity contribution in [1.82, 2.24) is 0 Å². The number of phenols is 3. The molecule has 0 amide bonds. The summed E-state index contributed by atoms with van der Waals surface area (Å²) in [6.07, 6.45) is 0. The fraction of sp³-hybridized carbons (Fsp3) is 0.222. The first kappa shape index (κ1) is 11.0. The van der Waals surface area contributed by atoms with Gasteiger partial charge in [-0.3, -0.25) is 0 Å². The second kappa shape index (κ2) is 4.41. The van der Waals surface area contributed by atoms with Crippen molar-refractivity contribution in [2.45, 2.75) is 6.92 Å². The van der Waals surface area contributed by atoms with Crippen LogP contribution in [0.25, 0.3) is 0 Å². The Morgan fingerprint density at radius 2 is 1.80 bits per heavy atom. The summed E-state index contributed by atoms with van der Waals surface area (Å²) in [5, 5.41) is 38.9. The van der Waals surface area contributed by atoms with Crippen LogP contribution >= 0.6 is 0 Å². The Kier molecular flexibility index (Phi) is 3.22. The minimum Gasteiger partial charge on any atom is -0.504 e. The van der Waals surface area contributed by atoms with Crippen molar-refractivity contribution in [3.63, 3.8) is 0 Å². The van der Waals surface area contributed by atoms with Gasteiger partial charge in [0.1, 0.15) is 0 Å². The van der Waals surface area contributed by atoms with E-state index in [1.165, 1.54) is 0 Å². The van der Waals surface area contributed by atoms with Crippen LogP contribution in [-0.4, -0.2) is 33.0 Å². The van der Waals surface area contributed by atoms with E-state index < -0.39 is 17.2 Å². The van der Waals surface area contributed by atoms with E-state index in [2.05, 4.69) is 5.16 Å². The van der Waals surface area contributed by atoms with Gasteiger partial charge in [-0.2, -0.15) is 0 Å². The van der Waals surface area contributed by atoms with Crippen LogP contribution in [0.3, 0.4) is 0 Å². The number of aromatic hydroxyl groups is 3. The number of benzene rings is 1. The van der Waals surface area contributed by atoms with E-state index in [0.29, 0.717) is 0 Å². The summed E-state index contributed by atoms with van der Waals surface area (Å²) in [6.45, 7) is 1.95. The highest BCUT2D eigenvalue weighted by atomic mass is 16.5. The molecule has 1 aromatic rings. The van der Waals surface area contributed by atoms with Gasteiger partial charge in [0.15, 0.2) is 17.2 Å². The minimum absolute atomic E-state index is 0.150. The van der Waals surface area contributed by atoms with Crippen LogP contribution in [0.15, 0.2) is 17.3 Å². The summed E-state index contributed by atoms with van der Waals surface area (Å²) in [6, 6.07) is 2.22. The van der Waals surface area contributed by atoms with Gasteiger partial charge in [-0.25, -0.2) is 0 Å². The highest BCUT2D eigenvalue weighted by Gasteiger charge is 2.13. The number of hydrogen-bond acceptors (Lipinski definition) is 6. The van der Waals surface area contributed by atoms with Gasteiger partial charge < -0.3 is 25.3 Å². The number of nitrogens with zero attached hydrogens (tertiary/aromatic N) is 1. The summed E-state index contributed by atoms with van der Waals surface area (Å²) in [7, 11) is 0. The first-order valence-corrected chi connectivity index (χ1v) is 4.20. The molecule has 0 spiro atoms. The standard InChI is InChI=1S/C9H11NO5/c1-2-15-9(10-14)5-3-6(11)8(13)7(12)4-5/h3-4,11-14H,2H2,1H3/b10-9+. The average Bonchev–Trinajstić information content (AvgIpc) is 2.22. The fourth-order valence-corrected chi connectivity index (χ4v) is 1.03. The molecule has 0 aliphatic heterocycles. The monoisotopic (exact) mass is 213 g/mol. The van der Waals surface area contributed by atoms with Gasteiger partial charge >= 0.3 is 0 Å². The van der Waals surface area contributed by atoms with Crippen LogP contribution in [-0.2, 0) is 4.74 Å². The quantitative estimate of drug-likeness (QED) is 0.193. The predicted octanol–water partition coefficient (Wildman–Crippen LogP) is 0.976. The normalized spacial score (nSPS) is 11.4. The van der Waals surface area contributed by atoms with Crippen molar-refractivity contribution < 1.29 is 25.3 Å². The zero-order valence-electron chi connectivity index (χ0n) is 8.01.